The Bertz CT molecular complexity index is 890. The number of hydrogen-bond acceptors (Lipinski definition) is 6. The predicted octanol–water partition coefficient (Wildman–Crippen LogP) is 1.88. The quantitative estimate of drug-likeness (QED) is 0.617. The highest BCUT2D eigenvalue weighted by Gasteiger charge is 2.34. The number of nitrogens with one attached hydrogen (secondary N) is 1. The number of esters is 1. The van der Waals surface area contributed by atoms with Gasteiger partial charge in [0.15, 0.2) is 0 Å². The molecule has 3 amide bonds. The lowest BCUT2D eigenvalue weighted by atomic mass is 10.1. The van der Waals surface area contributed by atoms with Crippen molar-refractivity contribution in [1.29, 1.82) is 0 Å². The van der Waals surface area contributed by atoms with Gasteiger partial charge in [0.25, 0.3) is 11.8 Å². The van der Waals surface area contributed by atoms with E-state index in [0.29, 0.717) is 11.1 Å². The van der Waals surface area contributed by atoms with Crippen molar-refractivity contribution in [2.75, 3.05) is 18.5 Å². The molecule has 1 aromatic heterocycles. The summed E-state index contributed by atoms with van der Waals surface area (Å²) in [6.07, 6.45) is 1.29. The molecular formula is C19H17N3O5. The van der Waals surface area contributed by atoms with E-state index in [9.17, 15) is 19.2 Å². The molecular weight excluding hydrogens is 350 g/mol. The Hall–Kier alpha value is -3.55. The summed E-state index contributed by atoms with van der Waals surface area (Å²) in [6.45, 7) is 1.89. The number of rotatable bonds is 6. The van der Waals surface area contributed by atoms with Crippen molar-refractivity contribution in [2.45, 2.75) is 13.3 Å². The van der Waals surface area contributed by atoms with E-state index in [2.05, 4.69) is 10.3 Å². The van der Waals surface area contributed by atoms with Gasteiger partial charge in [-0.2, -0.15) is 0 Å². The highest BCUT2D eigenvalue weighted by molar-refractivity contribution is 6.21. The van der Waals surface area contributed by atoms with Gasteiger partial charge in [-0.05, 0) is 31.2 Å². The first-order chi connectivity index (χ1) is 13.0. The lowest BCUT2D eigenvalue weighted by Crippen LogP contribution is -2.33. The van der Waals surface area contributed by atoms with Crippen LogP contribution in [0, 0.1) is 0 Å². The fraction of sp³-hybridized carbons (Fsp3) is 0.211. The minimum absolute atomic E-state index is 0.0459. The summed E-state index contributed by atoms with van der Waals surface area (Å²) in [7, 11) is 0. The molecule has 0 spiro atoms. The van der Waals surface area contributed by atoms with E-state index in [1.807, 2.05) is 0 Å². The van der Waals surface area contributed by atoms with Gasteiger partial charge < -0.3 is 10.1 Å². The second-order valence-electron chi connectivity index (χ2n) is 5.76. The molecule has 2 aromatic rings. The lowest BCUT2D eigenvalue weighted by Gasteiger charge is -2.13. The molecule has 0 saturated carbocycles. The number of fused-ring (bicyclic) bond motifs is 1. The Morgan fingerprint density at radius 2 is 1.78 bits per heavy atom. The minimum Gasteiger partial charge on any atom is -0.462 e. The molecule has 27 heavy (non-hydrogen) atoms. The first-order valence-electron chi connectivity index (χ1n) is 8.39. The Labute approximate surface area is 155 Å². The fourth-order valence-electron chi connectivity index (χ4n) is 2.70. The molecule has 0 aliphatic carbocycles. The van der Waals surface area contributed by atoms with E-state index in [4.69, 9.17) is 4.74 Å². The van der Waals surface area contributed by atoms with Crippen molar-refractivity contribution in [3.05, 3.63) is 59.3 Å². The molecule has 0 atom stereocenters. The number of nitrogens with zero attached hydrogens (tertiary/aromatic N) is 2. The van der Waals surface area contributed by atoms with E-state index in [0.717, 1.165) is 4.90 Å². The van der Waals surface area contributed by atoms with E-state index < -0.39 is 23.7 Å². The molecule has 0 saturated heterocycles. The van der Waals surface area contributed by atoms with Crippen LogP contribution >= 0.6 is 0 Å². The Kier molecular flexibility index (Phi) is 5.25. The zero-order chi connectivity index (χ0) is 19.4. The van der Waals surface area contributed by atoms with Crippen molar-refractivity contribution in [3.63, 3.8) is 0 Å². The highest BCUT2D eigenvalue weighted by Crippen LogP contribution is 2.22. The Balaban J connectivity index is 1.60. The molecule has 8 nitrogen and oxygen atoms in total. The van der Waals surface area contributed by atoms with E-state index in [-0.39, 0.29) is 31.0 Å². The van der Waals surface area contributed by atoms with Crippen molar-refractivity contribution < 1.29 is 23.9 Å². The number of amides is 3. The second-order valence-corrected chi connectivity index (χ2v) is 5.76. The largest absolute Gasteiger partial charge is 0.462 e. The fourth-order valence-corrected chi connectivity index (χ4v) is 2.70. The van der Waals surface area contributed by atoms with Crippen LogP contribution in [-0.2, 0) is 9.53 Å². The third kappa shape index (κ3) is 3.84. The number of carbonyl (C=O) groups is 4. The Morgan fingerprint density at radius 3 is 2.41 bits per heavy atom. The maximum Gasteiger partial charge on any atom is 0.338 e. The third-order valence-corrected chi connectivity index (χ3v) is 3.98. The van der Waals surface area contributed by atoms with E-state index in [1.54, 1.807) is 31.2 Å². The number of imide groups is 1. The Morgan fingerprint density at radius 1 is 1.11 bits per heavy atom. The molecule has 3 rings (SSSR count). The highest BCUT2D eigenvalue weighted by atomic mass is 16.5. The predicted molar refractivity (Wildman–Crippen MR) is 95.2 cm³/mol. The van der Waals surface area contributed by atoms with Crippen molar-refractivity contribution >= 4 is 29.5 Å². The summed E-state index contributed by atoms with van der Waals surface area (Å²) in [6, 6.07) is 9.41. The summed E-state index contributed by atoms with van der Waals surface area (Å²) < 4.78 is 4.90. The molecule has 8 heteroatoms. The van der Waals surface area contributed by atoms with E-state index in [1.165, 1.54) is 18.3 Å². The van der Waals surface area contributed by atoms with Gasteiger partial charge >= 0.3 is 5.97 Å². The van der Waals surface area contributed by atoms with Crippen LogP contribution in [0.3, 0.4) is 0 Å². The summed E-state index contributed by atoms with van der Waals surface area (Å²) in [4.78, 5) is 53.4. The van der Waals surface area contributed by atoms with Crippen molar-refractivity contribution in [2.24, 2.45) is 0 Å². The number of benzene rings is 1. The standard InChI is InChI=1S/C19H17N3O5/c1-2-27-19(26)12-7-9-20-15(11-12)21-16(23)8-10-22-17(24)13-5-3-4-6-14(13)18(22)25/h3-7,9,11H,2,8,10H2,1H3,(H,20,21,23). The van der Waals surface area contributed by atoms with Gasteiger partial charge in [-0.3, -0.25) is 19.3 Å². The molecule has 1 aliphatic rings. The summed E-state index contributed by atoms with van der Waals surface area (Å²) in [5.74, 6) is -1.58. The second kappa shape index (κ2) is 7.77. The topological polar surface area (TPSA) is 106 Å². The zero-order valence-electron chi connectivity index (χ0n) is 14.6. The van der Waals surface area contributed by atoms with Crippen LogP contribution in [0.25, 0.3) is 0 Å². The maximum atomic E-state index is 12.3. The van der Waals surface area contributed by atoms with Crippen LogP contribution in [-0.4, -0.2) is 46.7 Å². The first-order valence-corrected chi connectivity index (χ1v) is 8.39. The molecule has 1 aromatic carbocycles. The van der Waals surface area contributed by atoms with Crippen molar-refractivity contribution in [1.82, 2.24) is 9.88 Å². The molecule has 0 fully saturated rings. The van der Waals surface area contributed by atoms with Crippen LogP contribution in [0.4, 0.5) is 5.82 Å². The van der Waals surface area contributed by atoms with E-state index >= 15 is 0 Å². The number of hydrogen-bond donors (Lipinski definition) is 1. The number of aromatic nitrogens is 1. The summed E-state index contributed by atoms with van der Waals surface area (Å²) >= 11 is 0. The third-order valence-electron chi connectivity index (χ3n) is 3.98. The molecule has 2 heterocycles. The molecule has 0 radical (unpaired) electrons. The molecule has 1 aliphatic heterocycles. The normalized spacial score (nSPS) is 12.7. The molecule has 0 bridgehead atoms. The molecule has 1 N–H and O–H groups in total. The monoisotopic (exact) mass is 367 g/mol. The number of anilines is 1. The SMILES string of the molecule is CCOC(=O)c1ccnc(NC(=O)CCN2C(=O)c3ccccc3C2=O)c1. The van der Waals surface area contributed by atoms with Gasteiger partial charge in [-0.25, -0.2) is 9.78 Å². The minimum atomic E-state index is -0.513. The zero-order valence-corrected chi connectivity index (χ0v) is 14.6. The van der Waals surface area contributed by atoms with Gasteiger partial charge in [-0.1, -0.05) is 12.1 Å². The van der Waals surface area contributed by atoms with Crippen LogP contribution in [0.5, 0.6) is 0 Å². The van der Waals surface area contributed by atoms with Gasteiger partial charge in [0, 0.05) is 19.2 Å². The van der Waals surface area contributed by atoms with Gasteiger partial charge in [-0.15, -0.1) is 0 Å². The van der Waals surface area contributed by atoms with Crippen LogP contribution in [0.15, 0.2) is 42.6 Å². The van der Waals surface area contributed by atoms with Crippen molar-refractivity contribution in [3.8, 4) is 0 Å². The van der Waals surface area contributed by atoms with Gasteiger partial charge in [0.1, 0.15) is 5.82 Å². The maximum absolute atomic E-state index is 12.3. The average molecular weight is 367 g/mol. The average Bonchev–Trinajstić information content (AvgIpc) is 2.91. The van der Waals surface area contributed by atoms with Gasteiger partial charge in [0.05, 0.1) is 23.3 Å². The summed E-state index contributed by atoms with van der Waals surface area (Å²) in [5.41, 5.74) is 0.945. The lowest BCUT2D eigenvalue weighted by molar-refractivity contribution is -0.116. The van der Waals surface area contributed by atoms with Crippen LogP contribution < -0.4 is 5.32 Å². The number of carbonyl (C=O) groups excluding carboxylic acids is 4. The summed E-state index contributed by atoms with van der Waals surface area (Å²) in [5, 5.41) is 2.55. The van der Waals surface area contributed by atoms with Crippen LogP contribution in [0.1, 0.15) is 44.4 Å². The smallest absolute Gasteiger partial charge is 0.338 e. The number of ether oxygens (including phenoxy) is 1. The number of pyridine rings is 1. The first kappa shape index (κ1) is 18.2. The molecule has 0 unspecified atom stereocenters. The molecule has 138 valence electrons. The van der Waals surface area contributed by atoms with Gasteiger partial charge in [0.2, 0.25) is 5.91 Å². The van der Waals surface area contributed by atoms with Crippen LogP contribution in [0.2, 0.25) is 0 Å².